The van der Waals surface area contributed by atoms with Crippen molar-refractivity contribution in [1.82, 2.24) is 0 Å². The highest BCUT2D eigenvalue weighted by Gasteiger charge is 1.92. The first-order valence-electron chi connectivity index (χ1n) is 3.56. The zero-order valence-electron chi connectivity index (χ0n) is 7.15. The molecular weight excluding hydrogens is 154 g/mol. The van der Waals surface area contributed by atoms with Crippen LogP contribution < -0.4 is 0 Å². The molecular formula is C9H11NO2. The Kier molecular flexibility index (Phi) is 5.43. The summed E-state index contributed by atoms with van der Waals surface area (Å²) in [7, 11) is 0. The Bertz CT molecular complexity index is 249. The smallest absolute Gasteiger partial charge is 0.168 e. The zero-order valence-corrected chi connectivity index (χ0v) is 7.15. The molecule has 0 N–H and O–H groups in total. The fourth-order valence-electron chi connectivity index (χ4n) is 0.582. The lowest BCUT2D eigenvalue weighted by atomic mass is 10.3. The third-order valence-corrected chi connectivity index (χ3v) is 1.13. The van der Waals surface area contributed by atoms with E-state index in [-0.39, 0.29) is 11.4 Å². The molecule has 0 atom stereocenters. The fraction of sp³-hybridized carbons (Fsp3) is 0.222. The van der Waals surface area contributed by atoms with Gasteiger partial charge in [-0.05, 0) is 19.9 Å². The molecule has 64 valence electrons. The van der Waals surface area contributed by atoms with Crippen molar-refractivity contribution in [3.05, 3.63) is 23.9 Å². The van der Waals surface area contributed by atoms with Crippen LogP contribution >= 0.6 is 0 Å². The number of rotatable bonds is 4. The van der Waals surface area contributed by atoms with Crippen molar-refractivity contribution in [2.45, 2.75) is 13.8 Å². The van der Waals surface area contributed by atoms with Crippen molar-refractivity contribution in [3.63, 3.8) is 0 Å². The molecule has 0 aromatic carbocycles. The van der Waals surface area contributed by atoms with Crippen LogP contribution in [0.4, 0.5) is 0 Å². The van der Waals surface area contributed by atoms with Crippen LogP contribution in [0.25, 0.3) is 0 Å². The number of hydrogen-bond acceptors (Lipinski definition) is 3. The minimum Gasteiger partial charge on any atom is -0.296 e. The predicted octanol–water partition coefficient (Wildman–Crippen LogP) is 1.31. The third-order valence-electron chi connectivity index (χ3n) is 1.13. The van der Waals surface area contributed by atoms with Gasteiger partial charge in [-0.3, -0.25) is 9.59 Å². The number of carbonyl (C=O) groups excluding carboxylic acids is 2. The molecule has 0 fully saturated rings. The van der Waals surface area contributed by atoms with Gasteiger partial charge in [0.25, 0.3) is 0 Å². The molecule has 0 aromatic heterocycles. The molecule has 0 bridgehead atoms. The summed E-state index contributed by atoms with van der Waals surface area (Å²) in [6.07, 6.45) is 5.98. The number of aldehydes is 2. The fourth-order valence-corrected chi connectivity index (χ4v) is 0.582. The highest BCUT2D eigenvalue weighted by molar-refractivity contribution is 6.34. The van der Waals surface area contributed by atoms with E-state index < -0.39 is 0 Å². The Morgan fingerprint density at radius 2 is 1.83 bits per heavy atom. The average molecular weight is 165 g/mol. The van der Waals surface area contributed by atoms with Crippen LogP contribution in [-0.4, -0.2) is 18.3 Å². The molecule has 0 amide bonds. The second kappa shape index (κ2) is 6.22. The standard InChI is InChI=1S/C9H11NO2/c1-3-5-9(7-12)10-8(4-2)6-11/h3-7H,1-2H3/b5-3-,8-4-,10-9+. The SMILES string of the molecule is C\C=C/C(C=O)=N\C(C=O)=C/C. The molecule has 0 unspecified atom stereocenters. The Balaban J connectivity index is 4.68. The van der Waals surface area contributed by atoms with E-state index in [2.05, 4.69) is 4.99 Å². The normalized spacial score (nSPS) is 13.5. The summed E-state index contributed by atoms with van der Waals surface area (Å²) < 4.78 is 0. The minimum absolute atomic E-state index is 0.248. The lowest BCUT2D eigenvalue weighted by Crippen LogP contribution is -1.95. The maximum atomic E-state index is 10.3. The largest absolute Gasteiger partial charge is 0.296 e. The number of allylic oxidation sites excluding steroid dienone is 4. The lowest BCUT2D eigenvalue weighted by Gasteiger charge is -1.89. The van der Waals surface area contributed by atoms with E-state index in [1.165, 1.54) is 0 Å². The predicted molar refractivity (Wildman–Crippen MR) is 48.1 cm³/mol. The topological polar surface area (TPSA) is 46.5 Å². The van der Waals surface area contributed by atoms with Crippen LogP contribution in [-0.2, 0) is 9.59 Å². The second-order valence-electron chi connectivity index (χ2n) is 1.99. The van der Waals surface area contributed by atoms with E-state index >= 15 is 0 Å². The summed E-state index contributed by atoms with van der Waals surface area (Å²) in [6, 6.07) is 0. The molecule has 0 radical (unpaired) electrons. The number of aliphatic imine (C=N–C) groups is 1. The number of nitrogens with zero attached hydrogens (tertiary/aromatic N) is 1. The van der Waals surface area contributed by atoms with Crippen molar-refractivity contribution in [1.29, 1.82) is 0 Å². The first-order chi connectivity index (χ1) is 5.78. The van der Waals surface area contributed by atoms with E-state index in [1.807, 2.05) is 0 Å². The van der Waals surface area contributed by atoms with E-state index in [1.54, 1.807) is 32.1 Å². The van der Waals surface area contributed by atoms with Crippen LogP contribution in [0.15, 0.2) is 28.9 Å². The van der Waals surface area contributed by atoms with Gasteiger partial charge in [-0.2, -0.15) is 0 Å². The van der Waals surface area contributed by atoms with Gasteiger partial charge >= 0.3 is 0 Å². The molecule has 0 spiro atoms. The van der Waals surface area contributed by atoms with Crippen molar-refractivity contribution in [3.8, 4) is 0 Å². The van der Waals surface area contributed by atoms with Gasteiger partial charge in [-0.15, -0.1) is 0 Å². The van der Waals surface area contributed by atoms with Crippen LogP contribution in [0.2, 0.25) is 0 Å². The van der Waals surface area contributed by atoms with E-state index in [0.29, 0.717) is 12.6 Å². The Morgan fingerprint density at radius 1 is 1.17 bits per heavy atom. The summed E-state index contributed by atoms with van der Waals surface area (Å²) in [5.74, 6) is 0. The highest BCUT2D eigenvalue weighted by Crippen LogP contribution is 1.92. The van der Waals surface area contributed by atoms with Gasteiger partial charge in [-0.1, -0.05) is 12.2 Å². The average Bonchev–Trinajstić information content (AvgIpc) is 2.12. The molecule has 3 heteroatoms. The molecule has 0 heterocycles. The summed E-state index contributed by atoms with van der Waals surface area (Å²) in [4.78, 5) is 24.4. The lowest BCUT2D eigenvalue weighted by molar-refractivity contribution is -0.105. The van der Waals surface area contributed by atoms with Gasteiger partial charge in [-0.25, -0.2) is 4.99 Å². The third kappa shape index (κ3) is 3.61. The van der Waals surface area contributed by atoms with E-state index in [9.17, 15) is 9.59 Å². The van der Waals surface area contributed by atoms with Crippen LogP contribution in [0.1, 0.15) is 13.8 Å². The van der Waals surface area contributed by atoms with Gasteiger partial charge in [0, 0.05) is 0 Å². The minimum atomic E-state index is 0.248. The van der Waals surface area contributed by atoms with E-state index in [0.717, 1.165) is 0 Å². The van der Waals surface area contributed by atoms with Crippen LogP contribution in [0, 0.1) is 0 Å². The van der Waals surface area contributed by atoms with Crippen molar-refractivity contribution in [2.24, 2.45) is 4.99 Å². The summed E-state index contributed by atoms with van der Waals surface area (Å²) in [5, 5.41) is 0. The van der Waals surface area contributed by atoms with Crippen LogP contribution in [0.3, 0.4) is 0 Å². The number of hydrogen-bond donors (Lipinski definition) is 0. The molecule has 0 aliphatic rings. The molecule has 0 aromatic rings. The molecule has 0 aliphatic carbocycles. The summed E-state index contributed by atoms with van der Waals surface area (Å²) in [6.45, 7) is 3.46. The molecule has 0 saturated heterocycles. The van der Waals surface area contributed by atoms with Gasteiger partial charge < -0.3 is 0 Å². The molecule has 0 saturated carbocycles. The maximum absolute atomic E-state index is 10.3. The van der Waals surface area contributed by atoms with E-state index in [4.69, 9.17) is 0 Å². The first kappa shape index (κ1) is 10.5. The quantitative estimate of drug-likeness (QED) is 0.358. The first-order valence-corrected chi connectivity index (χ1v) is 3.56. The summed E-state index contributed by atoms with van der Waals surface area (Å²) in [5.41, 5.74) is 0.507. The van der Waals surface area contributed by atoms with Crippen molar-refractivity contribution in [2.75, 3.05) is 0 Å². The molecule has 0 aliphatic heterocycles. The molecule has 3 nitrogen and oxygen atoms in total. The van der Waals surface area contributed by atoms with Crippen molar-refractivity contribution >= 4 is 18.3 Å². The monoisotopic (exact) mass is 165 g/mol. The van der Waals surface area contributed by atoms with Gasteiger partial charge in [0.15, 0.2) is 12.6 Å². The summed E-state index contributed by atoms with van der Waals surface area (Å²) >= 11 is 0. The Hall–Kier alpha value is -1.51. The molecule has 0 rings (SSSR count). The van der Waals surface area contributed by atoms with Gasteiger partial charge in [0.05, 0.1) is 5.70 Å². The van der Waals surface area contributed by atoms with Gasteiger partial charge in [0.2, 0.25) is 0 Å². The Labute approximate surface area is 71.5 Å². The number of carbonyl (C=O) groups is 2. The second-order valence-corrected chi connectivity index (χ2v) is 1.99. The van der Waals surface area contributed by atoms with Crippen molar-refractivity contribution < 1.29 is 9.59 Å². The Morgan fingerprint density at radius 3 is 2.17 bits per heavy atom. The highest BCUT2D eigenvalue weighted by atomic mass is 16.1. The maximum Gasteiger partial charge on any atom is 0.168 e. The molecule has 12 heavy (non-hydrogen) atoms. The zero-order chi connectivity index (χ0) is 9.40. The van der Waals surface area contributed by atoms with Gasteiger partial charge in [0.1, 0.15) is 5.71 Å². The van der Waals surface area contributed by atoms with Crippen LogP contribution in [0.5, 0.6) is 0 Å².